The summed E-state index contributed by atoms with van der Waals surface area (Å²) >= 11 is 1.56. The molecule has 0 saturated carbocycles. The molecule has 1 aromatic carbocycles. The molecule has 0 unspecified atom stereocenters. The summed E-state index contributed by atoms with van der Waals surface area (Å²) in [6, 6.07) is 3.29. The first-order valence-corrected chi connectivity index (χ1v) is 11.1. The topological polar surface area (TPSA) is 80.8 Å². The van der Waals surface area contributed by atoms with Gasteiger partial charge in [0.05, 0.1) is 42.6 Å². The Balaban J connectivity index is 1.85. The first-order chi connectivity index (χ1) is 14.4. The number of hydrogen-bond donors (Lipinski definition) is 1. The first kappa shape index (κ1) is 22.1. The minimum absolute atomic E-state index is 0.110. The number of likely N-dealkylation sites (tertiary alicyclic amines) is 1. The number of piperidine rings is 1. The molecule has 0 spiro atoms. The zero-order valence-corrected chi connectivity index (χ0v) is 18.8. The van der Waals surface area contributed by atoms with E-state index in [-0.39, 0.29) is 18.2 Å². The van der Waals surface area contributed by atoms with Gasteiger partial charge in [-0.05, 0) is 25.3 Å². The summed E-state index contributed by atoms with van der Waals surface area (Å²) < 4.78 is 10.8. The second-order valence-corrected chi connectivity index (χ2v) is 8.55. The smallest absolute Gasteiger partial charge is 0.256 e. The molecule has 2 heterocycles. The molecule has 0 atom stereocenters. The molecule has 1 fully saturated rings. The van der Waals surface area contributed by atoms with Gasteiger partial charge in [0.15, 0.2) is 11.5 Å². The number of carbonyl (C=O) groups is 2. The molecule has 1 aliphatic heterocycles. The lowest BCUT2D eigenvalue weighted by Crippen LogP contribution is -2.36. The average Bonchev–Trinajstić information content (AvgIpc) is 3.22. The molecule has 3 rings (SSSR count). The number of thiazole rings is 1. The van der Waals surface area contributed by atoms with Gasteiger partial charge in [0.2, 0.25) is 5.91 Å². The molecule has 2 aromatic rings. The van der Waals surface area contributed by atoms with Gasteiger partial charge in [-0.3, -0.25) is 9.59 Å². The van der Waals surface area contributed by atoms with E-state index >= 15 is 0 Å². The Bertz CT molecular complexity index is 904. The van der Waals surface area contributed by atoms with Gasteiger partial charge < -0.3 is 19.7 Å². The number of rotatable bonds is 7. The molecule has 1 saturated heterocycles. The molecule has 0 bridgehead atoms. The summed E-state index contributed by atoms with van der Waals surface area (Å²) in [6.07, 6.45) is 3.26. The van der Waals surface area contributed by atoms with Gasteiger partial charge in [-0.1, -0.05) is 13.8 Å². The fraction of sp³-hybridized carbons (Fsp3) is 0.500. The molecule has 1 N–H and O–H groups in total. The summed E-state index contributed by atoms with van der Waals surface area (Å²) in [5.74, 6) is 0.902. The monoisotopic (exact) mass is 431 g/mol. The highest BCUT2D eigenvalue weighted by Crippen LogP contribution is 2.34. The normalized spacial score (nSPS) is 14.0. The second-order valence-electron chi connectivity index (χ2n) is 7.66. The average molecular weight is 432 g/mol. The van der Waals surface area contributed by atoms with Crippen LogP contribution < -0.4 is 14.8 Å². The molecule has 1 aliphatic rings. The Morgan fingerprint density at radius 2 is 1.80 bits per heavy atom. The standard InChI is InChI=1S/C22H29N3O4S/c1-14(2)21-23-15(13-30-21)10-20(26)24-17-12-19(29-4)18(28-3)11-16(17)22(27)25-8-6-5-7-9-25/h11-14H,5-10H2,1-4H3,(H,24,26). The Kier molecular flexibility index (Phi) is 7.31. The maximum atomic E-state index is 13.2. The van der Waals surface area contributed by atoms with Crippen molar-refractivity contribution in [2.24, 2.45) is 0 Å². The van der Waals surface area contributed by atoms with Crippen LogP contribution in [0.2, 0.25) is 0 Å². The number of amides is 2. The van der Waals surface area contributed by atoms with Crippen LogP contribution in [0.3, 0.4) is 0 Å². The van der Waals surface area contributed by atoms with Crippen LogP contribution in [-0.4, -0.2) is 49.0 Å². The van der Waals surface area contributed by atoms with Gasteiger partial charge in [-0.25, -0.2) is 4.98 Å². The van der Waals surface area contributed by atoms with Crippen LogP contribution >= 0.6 is 11.3 Å². The number of nitrogens with one attached hydrogen (secondary N) is 1. The summed E-state index contributed by atoms with van der Waals surface area (Å²) in [6.45, 7) is 5.59. The predicted octanol–water partition coefficient (Wildman–Crippen LogP) is 4.09. The number of anilines is 1. The van der Waals surface area contributed by atoms with Crippen LogP contribution in [0, 0.1) is 0 Å². The van der Waals surface area contributed by atoms with Crippen LogP contribution in [0.5, 0.6) is 11.5 Å². The minimum Gasteiger partial charge on any atom is -0.493 e. The first-order valence-electron chi connectivity index (χ1n) is 10.2. The third-order valence-corrected chi connectivity index (χ3v) is 6.27. The SMILES string of the molecule is COc1cc(NC(=O)Cc2csc(C(C)C)n2)c(C(=O)N2CCCCC2)cc1OC. The van der Waals surface area contributed by atoms with Crippen LogP contribution in [0.1, 0.15) is 60.1 Å². The van der Waals surface area contributed by atoms with E-state index in [0.29, 0.717) is 28.7 Å². The number of hydrogen-bond acceptors (Lipinski definition) is 6. The summed E-state index contributed by atoms with van der Waals surface area (Å²) in [4.78, 5) is 32.2. The zero-order chi connectivity index (χ0) is 21.7. The van der Waals surface area contributed by atoms with Crippen molar-refractivity contribution in [3.05, 3.63) is 33.8 Å². The van der Waals surface area contributed by atoms with Gasteiger partial charge in [-0.2, -0.15) is 0 Å². The lowest BCUT2D eigenvalue weighted by molar-refractivity contribution is -0.115. The lowest BCUT2D eigenvalue weighted by atomic mass is 10.1. The van der Waals surface area contributed by atoms with Crippen molar-refractivity contribution in [3.8, 4) is 11.5 Å². The molecular formula is C22H29N3O4S. The van der Waals surface area contributed by atoms with Crippen molar-refractivity contribution in [3.63, 3.8) is 0 Å². The van der Waals surface area contributed by atoms with Crippen molar-refractivity contribution < 1.29 is 19.1 Å². The van der Waals surface area contributed by atoms with Crippen molar-refractivity contribution in [1.29, 1.82) is 0 Å². The summed E-state index contributed by atoms with van der Waals surface area (Å²) in [5, 5.41) is 5.80. The Morgan fingerprint density at radius 1 is 1.13 bits per heavy atom. The minimum atomic E-state index is -0.226. The zero-order valence-electron chi connectivity index (χ0n) is 18.0. The van der Waals surface area contributed by atoms with Crippen molar-refractivity contribution in [1.82, 2.24) is 9.88 Å². The molecule has 7 nitrogen and oxygen atoms in total. The number of carbonyl (C=O) groups excluding carboxylic acids is 2. The van der Waals surface area contributed by atoms with Crippen molar-refractivity contribution in [2.75, 3.05) is 32.6 Å². The van der Waals surface area contributed by atoms with Gasteiger partial charge in [0.1, 0.15) is 0 Å². The largest absolute Gasteiger partial charge is 0.493 e. The second kappa shape index (κ2) is 9.93. The van der Waals surface area contributed by atoms with E-state index in [0.717, 1.165) is 43.1 Å². The highest BCUT2D eigenvalue weighted by atomic mass is 32.1. The van der Waals surface area contributed by atoms with Crippen LogP contribution in [0.15, 0.2) is 17.5 Å². The summed E-state index contributed by atoms with van der Waals surface area (Å²) in [7, 11) is 3.05. The molecule has 2 amide bonds. The van der Waals surface area contributed by atoms with Crippen LogP contribution in [-0.2, 0) is 11.2 Å². The van der Waals surface area contributed by atoms with Crippen LogP contribution in [0.25, 0.3) is 0 Å². The molecular weight excluding hydrogens is 402 g/mol. The van der Waals surface area contributed by atoms with E-state index in [1.807, 2.05) is 10.3 Å². The number of methoxy groups -OCH3 is 2. The van der Waals surface area contributed by atoms with Gasteiger partial charge >= 0.3 is 0 Å². The maximum Gasteiger partial charge on any atom is 0.256 e. The third kappa shape index (κ3) is 5.11. The van der Waals surface area contributed by atoms with E-state index in [9.17, 15) is 9.59 Å². The Morgan fingerprint density at radius 3 is 2.40 bits per heavy atom. The number of benzene rings is 1. The number of ether oxygens (including phenoxy) is 2. The lowest BCUT2D eigenvalue weighted by Gasteiger charge is -2.28. The van der Waals surface area contributed by atoms with Gasteiger partial charge in [0.25, 0.3) is 5.91 Å². The molecule has 1 aromatic heterocycles. The highest BCUT2D eigenvalue weighted by Gasteiger charge is 2.24. The molecule has 0 aliphatic carbocycles. The molecule has 8 heteroatoms. The van der Waals surface area contributed by atoms with E-state index in [1.54, 1.807) is 23.5 Å². The molecule has 162 valence electrons. The predicted molar refractivity (Wildman–Crippen MR) is 118 cm³/mol. The van der Waals surface area contributed by atoms with Gasteiger partial charge in [0, 0.05) is 30.5 Å². The van der Waals surface area contributed by atoms with E-state index in [4.69, 9.17) is 9.47 Å². The van der Waals surface area contributed by atoms with Crippen LogP contribution in [0.4, 0.5) is 5.69 Å². The number of aromatic nitrogens is 1. The molecule has 30 heavy (non-hydrogen) atoms. The fourth-order valence-electron chi connectivity index (χ4n) is 3.45. The fourth-order valence-corrected chi connectivity index (χ4v) is 4.29. The van der Waals surface area contributed by atoms with E-state index in [1.165, 1.54) is 14.2 Å². The van der Waals surface area contributed by atoms with E-state index < -0.39 is 0 Å². The maximum absolute atomic E-state index is 13.2. The Hall–Kier alpha value is -2.61. The third-order valence-electron chi connectivity index (χ3n) is 5.08. The molecule has 0 radical (unpaired) electrons. The van der Waals surface area contributed by atoms with Crippen molar-refractivity contribution in [2.45, 2.75) is 45.4 Å². The van der Waals surface area contributed by atoms with E-state index in [2.05, 4.69) is 24.1 Å². The number of nitrogens with zero attached hydrogens (tertiary/aromatic N) is 2. The Labute approximate surface area is 181 Å². The quantitative estimate of drug-likeness (QED) is 0.714. The van der Waals surface area contributed by atoms with Crippen molar-refractivity contribution >= 4 is 28.8 Å². The highest BCUT2D eigenvalue weighted by molar-refractivity contribution is 7.09. The summed E-state index contributed by atoms with van der Waals surface area (Å²) in [5.41, 5.74) is 1.56. The van der Waals surface area contributed by atoms with Gasteiger partial charge in [-0.15, -0.1) is 11.3 Å².